The zero-order valence-corrected chi connectivity index (χ0v) is 10.9. The van der Waals surface area contributed by atoms with Crippen LogP contribution in [0.15, 0.2) is 0 Å². The number of carbonyl (C=O) groups is 2. The van der Waals surface area contributed by atoms with E-state index in [0.717, 1.165) is 0 Å². The number of amides is 1. The molecule has 0 bridgehead atoms. The molecule has 0 saturated carbocycles. The van der Waals surface area contributed by atoms with Gasteiger partial charge in [0.1, 0.15) is 5.60 Å². The van der Waals surface area contributed by atoms with E-state index in [-0.39, 0.29) is 12.3 Å². The van der Waals surface area contributed by atoms with Gasteiger partial charge in [0.05, 0.1) is 18.8 Å². The first-order valence-electron chi connectivity index (χ1n) is 5.67. The van der Waals surface area contributed by atoms with Gasteiger partial charge in [0.2, 0.25) is 5.78 Å². The number of rotatable bonds is 0. The van der Waals surface area contributed by atoms with E-state index in [1.165, 1.54) is 9.58 Å². The second kappa shape index (κ2) is 4.08. The summed E-state index contributed by atoms with van der Waals surface area (Å²) in [5.41, 5.74) is 0.403. The average molecular weight is 252 g/mol. The second-order valence-electron chi connectivity index (χ2n) is 5.27. The van der Waals surface area contributed by atoms with Crippen LogP contribution in [0.1, 0.15) is 37.0 Å². The highest BCUT2D eigenvalue weighted by molar-refractivity contribution is 5.99. The van der Waals surface area contributed by atoms with Crippen molar-refractivity contribution in [3.8, 4) is 0 Å². The smallest absolute Gasteiger partial charge is 0.411 e. The lowest BCUT2D eigenvalue weighted by atomic mass is 10.1. The molecule has 1 aliphatic heterocycles. The molecule has 2 heterocycles. The van der Waals surface area contributed by atoms with Gasteiger partial charge in [-0.1, -0.05) is 5.21 Å². The van der Waals surface area contributed by atoms with Crippen molar-refractivity contribution in [3.05, 3.63) is 11.4 Å². The topological polar surface area (TPSA) is 77.3 Å². The number of aromatic nitrogens is 3. The van der Waals surface area contributed by atoms with Crippen molar-refractivity contribution in [2.45, 2.75) is 32.9 Å². The molecule has 1 aliphatic rings. The van der Waals surface area contributed by atoms with E-state index in [0.29, 0.717) is 17.9 Å². The van der Waals surface area contributed by atoms with Crippen LogP contribution in [0.25, 0.3) is 0 Å². The van der Waals surface area contributed by atoms with Gasteiger partial charge in [-0.25, -0.2) is 9.48 Å². The Morgan fingerprint density at radius 1 is 1.33 bits per heavy atom. The van der Waals surface area contributed by atoms with Gasteiger partial charge in [-0.2, -0.15) is 0 Å². The van der Waals surface area contributed by atoms with Crippen molar-refractivity contribution in [2.75, 3.05) is 6.54 Å². The van der Waals surface area contributed by atoms with E-state index in [4.69, 9.17) is 4.74 Å². The van der Waals surface area contributed by atoms with Crippen LogP contribution in [0.5, 0.6) is 0 Å². The van der Waals surface area contributed by atoms with Gasteiger partial charge in [0.15, 0.2) is 5.69 Å². The van der Waals surface area contributed by atoms with Crippen molar-refractivity contribution in [1.82, 2.24) is 19.9 Å². The summed E-state index contributed by atoms with van der Waals surface area (Å²) in [6.07, 6.45) is -0.497. The van der Waals surface area contributed by atoms with E-state index in [1.54, 1.807) is 27.8 Å². The Hall–Kier alpha value is -1.92. The van der Waals surface area contributed by atoms with Gasteiger partial charge in [-0.3, -0.25) is 9.69 Å². The van der Waals surface area contributed by atoms with Crippen LogP contribution in [0.2, 0.25) is 0 Å². The molecular weight excluding hydrogens is 236 g/mol. The molecule has 0 spiro atoms. The Morgan fingerprint density at radius 2 is 2.00 bits per heavy atom. The van der Waals surface area contributed by atoms with Gasteiger partial charge < -0.3 is 4.74 Å². The van der Waals surface area contributed by atoms with Crippen molar-refractivity contribution in [2.24, 2.45) is 7.05 Å². The molecule has 0 radical (unpaired) electrons. The molecule has 0 saturated heterocycles. The van der Waals surface area contributed by atoms with Gasteiger partial charge in [-0.15, -0.1) is 5.10 Å². The van der Waals surface area contributed by atoms with Crippen molar-refractivity contribution in [1.29, 1.82) is 0 Å². The highest BCUT2D eigenvalue weighted by Gasteiger charge is 2.32. The third-order valence-corrected chi connectivity index (χ3v) is 2.53. The first-order chi connectivity index (χ1) is 8.28. The predicted molar refractivity (Wildman–Crippen MR) is 62.0 cm³/mol. The predicted octanol–water partition coefficient (Wildman–Crippen LogP) is 0.749. The summed E-state index contributed by atoms with van der Waals surface area (Å²) in [6.45, 7) is 5.63. The van der Waals surface area contributed by atoms with Crippen molar-refractivity contribution >= 4 is 11.9 Å². The molecule has 7 heteroatoms. The van der Waals surface area contributed by atoms with Gasteiger partial charge in [-0.05, 0) is 20.8 Å². The number of nitrogens with zero attached hydrogens (tertiary/aromatic N) is 4. The highest BCUT2D eigenvalue weighted by atomic mass is 16.6. The highest BCUT2D eigenvalue weighted by Crippen LogP contribution is 2.18. The molecule has 2 rings (SSSR count). The zero-order valence-electron chi connectivity index (χ0n) is 10.9. The average Bonchev–Trinajstić information content (AvgIpc) is 2.58. The van der Waals surface area contributed by atoms with E-state index >= 15 is 0 Å². The first-order valence-corrected chi connectivity index (χ1v) is 5.67. The molecule has 0 atom stereocenters. The number of ether oxygens (including phenoxy) is 1. The van der Waals surface area contributed by atoms with E-state index in [1.807, 2.05) is 0 Å². The van der Waals surface area contributed by atoms with Gasteiger partial charge in [0, 0.05) is 7.05 Å². The summed E-state index contributed by atoms with van der Waals surface area (Å²) < 4.78 is 6.75. The standard InChI is InChI=1S/C11H16N4O3/c1-11(2,3)18-10(17)15-5-7-9(8(16)6-15)12-13-14(7)4/h5-6H2,1-4H3. The lowest BCUT2D eigenvalue weighted by Gasteiger charge is -2.28. The van der Waals surface area contributed by atoms with Crippen LogP contribution >= 0.6 is 0 Å². The maximum atomic E-state index is 11.9. The molecule has 98 valence electrons. The summed E-state index contributed by atoms with van der Waals surface area (Å²) >= 11 is 0. The molecule has 0 aliphatic carbocycles. The van der Waals surface area contributed by atoms with Crippen LogP contribution in [0.3, 0.4) is 0 Å². The minimum atomic E-state index is -0.578. The van der Waals surface area contributed by atoms with E-state index < -0.39 is 11.7 Å². The summed E-state index contributed by atoms with van der Waals surface area (Å²) in [4.78, 5) is 25.1. The van der Waals surface area contributed by atoms with Crippen LogP contribution < -0.4 is 0 Å². The Balaban J connectivity index is 2.18. The first kappa shape index (κ1) is 12.5. The molecular formula is C11H16N4O3. The molecule has 0 N–H and O–H groups in total. The number of hydrogen-bond acceptors (Lipinski definition) is 5. The summed E-state index contributed by atoms with van der Waals surface area (Å²) in [5.74, 6) is -0.213. The number of aryl methyl sites for hydroxylation is 1. The summed E-state index contributed by atoms with van der Waals surface area (Å²) in [5, 5.41) is 7.57. The molecule has 1 aromatic heterocycles. The minimum absolute atomic E-state index is 0.0133. The second-order valence-corrected chi connectivity index (χ2v) is 5.27. The largest absolute Gasteiger partial charge is 0.444 e. The third-order valence-electron chi connectivity index (χ3n) is 2.53. The summed E-state index contributed by atoms with van der Waals surface area (Å²) in [7, 11) is 1.69. The number of ketones is 1. The molecule has 1 amide bonds. The molecule has 0 fully saturated rings. The van der Waals surface area contributed by atoms with E-state index in [9.17, 15) is 9.59 Å². The van der Waals surface area contributed by atoms with Gasteiger partial charge >= 0.3 is 6.09 Å². The lowest BCUT2D eigenvalue weighted by molar-refractivity contribution is 0.0215. The lowest BCUT2D eigenvalue weighted by Crippen LogP contribution is -2.42. The monoisotopic (exact) mass is 252 g/mol. The number of hydrogen-bond donors (Lipinski definition) is 0. The zero-order chi connectivity index (χ0) is 13.5. The van der Waals surface area contributed by atoms with Crippen LogP contribution in [-0.2, 0) is 18.3 Å². The maximum Gasteiger partial charge on any atom is 0.411 e. The maximum absolute atomic E-state index is 11.9. The Kier molecular flexibility index (Phi) is 2.84. The Bertz CT molecular complexity index is 501. The quantitative estimate of drug-likeness (QED) is 0.681. The summed E-state index contributed by atoms with van der Waals surface area (Å²) in [6, 6.07) is 0. The number of Topliss-reactive ketones (excluding diaryl/α,β-unsaturated/α-hetero) is 1. The van der Waals surface area contributed by atoms with Crippen molar-refractivity contribution < 1.29 is 14.3 Å². The van der Waals surface area contributed by atoms with Gasteiger partial charge in [0.25, 0.3) is 0 Å². The van der Waals surface area contributed by atoms with Crippen LogP contribution in [0.4, 0.5) is 4.79 Å². The number of carbonyl (C=O) groups excluding carboxylic acids is 2. The molecule has 18 heavy (non-hydrogen) atoms. The molecule has 1 aromatic rings. The fourth-order valence-electron chi connectivity index (χ4n) is 1.71. The minimum Gasteiger partial charge on any atom is -0.444 e. The fraction of sp³-hybridized carbons (Fsp3) is 0.636. The Morgan fingerprint density at radius 3 is 2.61 bits per heavy atom. The van der Waals surface area contributed by atoms with Crippen molar-refractivity contribution in [3.63, 3.8) is 0 Å². The van der Waals surface area contributed by atoms with Crippen LogP contribution in [0, 0.1) is 0 Å². The van der Waals surface area contributed by atoms with E-state index in [2.05, 4.69) is 10.3 Å². The third kappa shape index (κ3) is 2.34. The SMILES string of the molecule is Cn1nnc2c1CN(C(=O)OC(C)(C)C)CC2=O. The normalized spacial score (nSPS) is 15.6. The molecule has 0 aromatic carbocycles. The fourth-order valence-corrected chi connectivity index (χ4v) is 1.71. The molecule has 7 nitrogen and oxygen atoms in total. The van der Waals surface area contributed by atoms with Crippen LogP contribution in [-0.4, -0.2) is 43.9 Å². The Labute approximate surface area is 105 Å². The number of fused-ring (bicyclic) bond motifs is 1. The molecule has 0 unspecified atom stereocenters.